The normalized spacial score (nSPS) is 11.5. The molecule has 0 aliphatic heterocycles. The number of carbonyl (C=O) groups is 2. The van der Waals surface area contributed by atoms with Crippen LogP contribution in [0.1, 0.15) is 43.4 Å². The lowest BCUT2D eigenvalue weighted by molar-refractivity contribution is -0.124. The Kier molecular flexibility index (Phi) is 15.6. The minimum atomic E-state index is -0.603. The fourth-order valence-corrected chi connectivity index (χ4v) is 4.86. The second-order valence-corrected chi connectivity index (χ2v) is 11.4. The molecule has 1 atom stereocenters. The monoisotopic (exact) mass is 619 g/mol. The predicted octanol–water partition coefficient (Wildman–Crippen LogP) is 5.35. The van der Waals surface area contributed by atoms with Crippen molar-refractivity contribution in [2.45, 2.75) is 52.0 Å². The second-order valence-electron chi connectivity index (χ2n) is 11.4. The highest BCUT2D eigenvalue weighted by molar-refractivity contribution is 5.80. The third kappa shape index (κ3) is 13.9. The molecule has 0 saturated carbocycles. The average molecular weight is 620 g/mol. The van der Waals surface area contributed by atoms with Crippen molar-refractivity contribution in [1.29, 1.82) is 0 Å². The summed E-state index contributed by atoms with van der Waals surface area (Å²) in [6.45, 7) is 6.25. The number of rotatable bonds is 20. The number of hydrogen-bond donors (Lipinski definition) is 3. The third-order valence-electron chi connectivity index (χ3n) is 7.17. The SMILES string of the molecule is COc1ccc(CCCc2cccc(OCCNC(=O)COC(=O)N[C@H](CCNCC(C)C)Cc3ccccc3)c2)cc1OC. The van der Waals surface area contributed by atoms with Crippen LogP contribution in [0.2, 0.25) is 0 Å². The molecule has 3 rings (SSSR count). The van der Waals surface area contributed by atoms with Crippen LogP contribution in [0.3, 0.4) is 0 Å². The van der Waals surface area contributed by atoms with E-state index in [4.69, 9.17) is 18.9 Å². The van der Waals surface area contributed by atoms with E-state index >= 15 is 0 Å². The van der Waals surface area contributed by atoms with E-state index in [1.54, 1.807) is 14.2 Å². The zero-order chi connectivity index (χ0) is 32.3. The van der Waals surface area contributed by atoms with Crippen LogP contribution in [0.4, 0.5) is 4.79 Å². The summed E-state index contributed by atoms with van der Waals surface area (Å²) in [4.78, 5) is 24.8. The van der Waals surface area contributed by atoms with Gasteiger partial charge in [-0.25, -0.2) is 4.79 Å². The summed E-state index contributed by atoms with van der Waals surface area (Å²) < 4.78 is 21.8. The molecule has 0 spiro atoms. The third-order valence-corrected chi connectivity index (χ3v) is 7.17. The van der Waals surface area contributed by atoms with Crippen LogP contribution < -0.4 is 30.2 Å². The van der Waals surface area contributed by atoms with Gasteiger partial charge < -0.3 is 34.9 Å². The lowest BCUT2D eigenvalue weighted by atomic mass is 10.0. The van der Waals surface area contributed by atoms with Gasteiger partial charge in [0.1, 0.15) is 12.4 Å². The molecule has 0 saturated heterocycles. The van der Waals surface area contributed by atoms with Crippen molar-refractivity contribution in [2.24, 2.45) is 5.92 Å². The first-order valence-electron chi connectivity index (χ1n) is 15.7. The fourth-order valence-electron chi connectivity index (χ4n) is 4.86. The largest absolute Gasteiger partial charge is 0.493 e. The molecule has 0 fully saturated rings. The van der Waals surface area contributed by atoms with E-state index in [2.05, 4.69) is 41.9 Å². The van der Waals surface area contributed by atoms with Crippen molar-refractivity contribution in [3.8, 4) is 17.2 Å². The Morgan fingerprint density at radius 1 is 0.800 bits per heavy atom. The molecule has 0 heterocycles. The van der Waals surface area contributed by atoms with Gasteiger partial charge in [-0.1, -0.05) is 62.4 Å². The summed E-state index contributed by atoms with van der Waals surface area (Å²) in [6.07, 6.45) is 3.63. The van der Waals surface area contributed by atoms with Gasteiger partial charge in [-0.2, -0.15) is 0 Å². The molecule has 244 valence electrons. The maximum absolute atomic E-state index is 12.5. The fraction of sp³-hybridized carbons (Fsp3) is 0.444. The molecule has 3 N–H and O–H groups in total. The van der Waals surface area contributed by atoms with Crippen molar-refractivity contribution in [1.82, 2.24) is 16.0 Å². The van der Waals surface area contributed by atoms with Gasteiger partial charge in [-0.15, -0.1) is 0 Å². The minimum Gasteiger partial charge on any atom is -0.493 e. The van der Waals surface area contributed by atoms with E-state index in [1.165, 1.54) is 11.1 Å². The van der Waals surface area contributed by atoms with E-state index in [-0.39, 0.29) is 18.6 Å². The number of methoxy groups -OCH3 is 2. The standard InChI is InChI=1S/C36H49N3O6/c1-27(2)25-37-19-18-31(22-28-10-6-5-7-11-28)39-36(41)45-26-35(40)38-20-21-44-32-15-9-14-29(23-32)12-8-13-30-16-17-33(42-3)34(24-30)43-4/h5-7,9-11,14-17,23-24,27,31,37H,8,12-13,18-22,25-26H2,1-4H3,(H,38,40)(H,39,41)/t31-/m1/s1. The minimum absolute atomic E-state index is 0.113. The zero-order valence-corrected chi connectivity index (χ0v) is 27.1. The zero-order valence-electron chi connectivity index (χ0n) is 27.1. The molecular weight excluding hydrogens is 570 g/mol. The molecule has 45 heavy (non-hydrogen) atoms. The van der Waals surface area contributed by atoms with E-state index in [1.807, 2.05) is 60.7 Å². The Balaban J connectivity index is 1.33. The molecule has 0 aliphatic carbocycles. The molecule has 0 unspecified atom stereocenters. The number of amides is 2. The Bertz CT molecular complexity index is 1300. The van der Waals surface area contributed by atoms with Gasteiger partial charge in [0.25, 0.3) is 5.91 Å². The predicted molar refractivity (Wildman–Crippen MR) is 177 cm³/mol. The molecule has 0 aromatic heterocycles. The molecule has 3 aromatic rings. The van der Waals surface area contributed by atoms with Crippen molar-refractivity contribution >= 4 is 12.0 Å². The number of alkyl carbamates (subject to hydrolysis) is 1. The quantitative estimate of drug-likeness (QED) is 0.147. The van der Waals surface area contributed by atoms with E-state index in [0.717, 1.165) is 61.6 Å². The first-order chi connectivity index (χ1) is 21.9. The molecule has 0 radical (unpaired) electrons. The van der Waals surface area contributed by atoms with Gasteiger partial charge in [0.2, 0.25) is 0 Å². The molecule has 2 amide bonds. The van der Waals surface area contributed by atoms with Crippen LogP contribution in [0.25, 0.3) is 0 Å². The van der Waals surface area contributed by atoms with Crippen molar-refractivity contribution in [3.63, 3.8) is 0 Å². The van der Waals surface area contributed by atoms with Gasteiger partial charge in [0, 0.05) is 6.04 Å². The summed E-state index contributed by atoms with van der Waals surface area (Å²) in [5, 5.41) is 9.07. The summed E-state index contributed by atoms with van der Waals surface area (Å²) in [6, 6.07) is 23.9. The van der Waals surface area contributed by atoms with Crippen LogP contribution >= 0.6 is 0 Å². The van der Waals surface area contributed by atoms with Crippen LogP contribution in [-0.2, 0) is 28.8 Å². The number of hydrogen-bond acceptors (Lipinski definition) is 7. The Labute approximate surface area is 268 Å². The number of nitrogens with one attached hydrogen (secondary N) is 3. The Morgan fingerprint density at radius 3 is 2.27 bits per heavy atom. The molecule has 3 aromatic carbocycles. The first kappa shape index (κ1) is 35.2. The lowest BCUT2D eigenvalue weighted by Gasteiger charge is -2.19. The van der Waals surface area contributed by atoms with Gasteiger partial charge in [-0.05, 0) is 92.1 Å². The highest BCUT2D eigenvalue weighted by atomic mass is 16.6. The van der Waals surface area contributed by atoms with Gasteiger partial charge in [0.05, 0.1) is 20.8 Å². The number of aryl methyl sites for hydroxylation is 2. The van der Waals surface area contributed by atoms with Crippen LogP contribution in [0.5, 0.6) is 17.2 Å². The summed E-state index contributed by atoms with van der Waals surface area (Å²) in [7, 11) is 3.28. The van der Waals surface area contributed by atoms with Crippen LogP contribution in [0, 0.1) is 5.92 Å². The maximum atomic E-state index is 12.5. The van der Waals surface area contributed by atoms with E-state index in [0.29, 0.717) is 25.5 Å². The molecule has 9 nitrogen and oxygen atoms in total. The smallest absolute Gasteiger partial charge is 0.407 e. The maximum Gasteiger partial charge on any atom is 0.407 e. The Hall–Kier alpha value is -4.24. The highest BCUT2D eigenvalue weighted by Crippen LogP contribution is 2.28. The summed E-state index contributed by atoms with van der Waals surface area (Å²) >= 11 is 0. The van der Waals surface area contributed by atoms with E-state index < -0.39 is 6.09 Å². The summed E-state index contributed by atoms with van der Waals surface area (Å²) in [5.74, 6) is 2.38. The summed E-state index contributed by atoms with van der Waals surface area (Å²) in [5.41, 5.74) is 3.50. The van der Waals surface area contributed by atoms with Crippen LogP contribution in [-0.4, -0.2) is 65.1 Å². The van der Waals surface area contributed by atoms with Crippen LogP contribution in [0.15, 0.2) is 72.8 Å². The lowest BCUT2D eigenvalue weighted by Crippen LogP contribution is -2.41. The topological polar surface area (TPSA) is 107 Å². The number of ether oxygens (including phenoxy) is 4. The van der Waals surface area contributed by atoms with Crippen molar-refractivity contribution < 1.29 is 28.5 Å². The van der Waals surface area contributed by atoms with E-state index in [9.17, 15) is 9.59 Å². The van der Waals surface area contributed by atoms with Crippen molar-refractivity contribution in [2.75, 3.05) is 47.1 Å². The number of carbonyl (C=O) groups excluding carboxylic acids is 2. The van der Waals surface area contributed by atoms with Gasteiger partial charge in [-0.3, -0.25) is 4.79 Å². The highest BCUT2D eigenvalue weighted by Gasteiger charge is 2.15. The first-order valence-corrected chi connectivity index (χ1v) is 15.7. The second kappa shape index (κ2) is 19.9. The molecule has 9 heteroatoms. The number of benzene rings is 3. The average Bonchev–Trinajstić information content (AvgIpc) is 3.04. The molecule has 0 bridgehead atoms. The Morgan fingerprint density at radius 2 is 1.53 bits per heavy atom. The van der Waals surface area contributed by atoms with Gasteiger partial charge in [0.15, 0.2) is 18.1 Å². The molecular formula is C36H49N3O6. The van der Waals surface area contributed by atoms with Gasteiger partial charge >= 0.3 is 6.09 Å². The van der Waals surface area contributed by atoms with Crippen molar-refractivity contribution in [3.05, 3.63) is 89.5 Å². The molecule has 0 aliphatic rings.